The summed E-state index contributed by atoms with van der Waals surface area (Å²) in [5.74, 6) is -0.364. The van der Waals surface area contributed by atoms with Gasteiger partial charge < -0.3 is 9.84 Å². The summed E-state index contributed by atoms with van der Waals surface area (Å²) in [5.41, 5.74) is 4.08. The summed E-state index contributed by atoms with van der Waals surface area (Å²) in [5, 5.41) is 10.9. The van der Waals surface area contributed by atoms with Gasteiger partial charge in [0.1, 0.15) is 0 Å². The van der Waals surface area contributed by atoms with Gasteiger partial charge in [-0.1, -0.05) is 48.2 Å². The van der Waals surface area contributed by atoms with E-state index in [1.54, 1.807) is 18.2 Å². The summed E-state index contributed by atoms with van der Waals surface area (Å²) in [7, 11) is 0. The van der Waals surface area contributed by atoms with E-state index in [1.165, 1.54) is 6.07 Å². The molecule has 0 atom stereocenters. The molecular weight excluding hydrogens is 396 g/mol. The molecule has 1 saturated heterocycles. The summed E-state index contributed by atoms with van der Waals surface area (Å²) in [6.45, 7) is 2.22. The van der Waals surface area contributed by atoms with E-state index < -0.39 is 5.91 Å². The molecule has 2 amide bonds. The summed E-state index contributed by atoms with van der Waals surface area (Å²) >= 11 is 6.33. The number of thiocarbonyl (C=S) groups is 1. The van der Waals surface area contributed by atoms with E-state index in [4.69, 9.17) is 17.0 Å². The predicted octanol–water partition coefficient (Wildman–Crippen LogP) is 3.27. The number of phenols is 1. The largest absolute Gasteiger partial charge is 0.504 e. The molecule has 0 saturated carbocycles. The van der Waals surface area contributed by atoms with E-state index in [9.17, 15) is 14.7 Å². The van der Waals surface area contributed by atoms with Crippen LogP contribution in [-0.4, -0.2) is 32.9 Å². The highest BCUT2D eigenvalue weighted by Crippen LogP contribution is 2.33. The van der Waals surface area contributed by atoms with Crippen molar-refractivity contribution < 1.29 is 19.4 Å². The first kappa shape index (κ1) is 19.9. The van der Waals surface area contributed by atoms with Crippen molar-refractivity contribution in [2.45, 2.75) is 13.3 Å². The van der Waals surface area contributed by atoms with E-state index in [2.05, 4.69) is 5.43 Å². The van der Waals surface area contributed by atoms with E-state index in [-0.39, 0.29) is 22.4 Å². The molecule has 8 heteroatoms. The van der Waals surface area contributed by atoms with Gasteiger partial charge in [-0.05, 0) is 48.5 Å². The van der Waals surface area contributed by atoms with Crippen LogP contribution in [0.3, 0.4) is 0 Å². The lowest BCUT2D eigenvalue weighted by Gasteiger charge is -2.15. The minimum atomic E-state index is -0.401. The molecule has 1 aliphatic rings. The van der Waals surface area contributed by atoms with Crippen molar-refractivity contribution >= 4 is 46.2 Å². The summed E-state index contributed by atoms with van der Waals surface area (Å²) < 4.78 is 5.61. The second-order valence-electron chi connectivity index (χ2n) is 5.87. The molecule has 3 rings (SSSR count). The third-order valence-corrected chi connectivity index (χ3v) is 5.12. The number of rotatable bonds is 6. The Balaban J connectivity index is 1.71. The van der Waals surface area contributed by atoms with Gasteiger partial charge in [0.2, 0.25) is 5.91 Å². The van der Waals surface area contributed by atoms with Gasteiger partial charge in [0.25, 0.3) is 5.91 Å². The zero-order valence-corrected chi connectivity index (χ0v) is 16.7. The number of hydrogen-bond donors (Lipinski definition) is 2. The van der Waals surface area contributed by atoms with Crippen molar-refractivity contribution in [2.24, 2.45) is 0 Å². The monoisotopic (exact) mass is 414 g/mol. The minimum absolute atomic E-state index is 0.0275. The number of hydrogen-bond acceptors (Lipinski definition) is 6. The number of hydrazine groups is 1. The van der Waals surface area contributed by atoms with Gasteiger partial charge in [-0.3, -0.25) is 15.0 Å². The Morgan fingerprint density at radius 1 is 1.29 bits per heavy atom. The van der Waals surface area contributed by atoms with E-state index in [1.807, 2.05) is 37.3 Å². The third kappa shape index (κ3) is 4.71. The minimum Gasteiger partial charge on any atom is -0.504 e. The Morgan fingerprint density at radius 2 is 2.04 bits per heavy atom. The van der Waals surface area contributed by atoms with Crippen molar-refractivity contribution in [1.82, 2.24) is 10.4 Å². The van der Waals surface area contributed by atoms with Crippen LogP contribution in [0.1, 0.15) is 18.1 Å². The zero-order valence-electron chi connectivity index (χ0n) is 15.0. The van der Waals surface area contributed by atoms with E-state index in [0.29, 0.717) is 22.8 Å². The molecule has 2 N–H and O–H groups in total. The Labute approximate surface area is 172 Å². The van der Waals surface area contributed by atoms with Crippen LogP contribution in [0.5, 0.6) is 11.5 Å². The number of carbonyl (C=O) groups excluding carboxylic acids is 2. The van der Waals surface area contributed by atoms with E-state index in [0.717, 1.165) is 22.3 Å². The van der Waals surface area contributed by atoms with Crippen LogP contribution in [0.4, 0.5) is 0 Å². The second-order valence-corrected chi connectivity index (χ2v) is 7.55. The third-order valence-electron chi connectivity index (χ3n) is 3.82. The number of carbonyl (C=O) groups is 2. The average molecular weight is 415 g/mol. The van der Waals surface area contributed by atoms with Crippen LogP contribution in [0.2, 0.25) is 0 Å². The average Bonchev–Trinajstić information content (AvgIpc) is 2.93. The Hall–Kier alpha value is -2.84. The van der Waals surface area contributed by atoms with Gasteiger partial charge in [0.15, 0.2) is 15.8 Å². The van der Waals surface area contributed by atoms with Gasteiger partial charge in [-0.15, -0.1) is 0 Å². The number of phenolic OH excluding ortho intramolecular Hbond substituents is 1. The van der Waals surface area contributed by atoms with E-state index >= 15 is 0 Å². The van der Waals surface area contributed by atoms with Gasteiger partial charge in [0.05, 0.1) is 17.9 Å². The zero-order chi connectivity index (χ0) is 20.1. The molecule has 2 aromatic carbocycles. The summed E-state index contributed by atoms with van der Waals surface area (Å²) in [6.07, 6.45) is 1.79. The fourth-order valence-electron chi connectivity index (χ4n) is 2.55. The van der Waals surface area contributed by atoms with Crippen molar-refractivity contribution in [3.8, 4) is 11.5 Å². The maximum Gasteiger partial charge on any atom is 0.285 e. The van der Waals surface area contributed by atoms with Crippen LogP contribution in [0.25, 0.3) is 6.08 Å². The van der Waals surface area contributed by atoms with Crippen LogP contribution < -0.4 is 10.2 Å². The molecule has 1 heterocycles. The Morgan fingerprint density at radius 3 is 2.75 bits per heavy atom. The van der Waals surface area contributed by atoms with Gasteiger partial charge in [-0.25, -0.2) is 0 Å². The quantitative estimate of drug-likeness (QED) is 0.558. The lowest BCUT2D eigenvalue weighted by atomic mass is 10.1. The molecule has 0 bridgehead atoms. The highest BCUT2D eigenvalue weighted by molar-refractivity contribution is 8.26. The standard InChI is InChI=1S/C20H18N2O4S2/c1-2-26-16-10-14(8-9-15(16)23)11-17-19(25)22(20(27)28-17)21-18(24)12-13-6-4-3-5-7-13/h3-11,23H,2,12H2,1H3,(H,21,24)/b17-11-. The molecule has 0 unspecified atom stereocenters. The van der Waals surface area contributed by atoms with Gasteiger partial charge >= 0.3 is 0 Å². The van der Waals surface area contributed by atoms with Crippen molar-refractivity contribution in [3.63, 3.8) is 0 Å². The number of nitrogens with zero attached hydrogens (tertiary/aromatic N) is 1. The smallest absolute Gasteiger partial charge is 0.285 e. The fraction of sp³-hybridized carbons (Fsp3) is 0.150. The van der Waals surface area contributed by atoms with Crippen LogP contribution in [-0.2, 0) is 16.0 Å². The first-order valence-electron chi connectivity index (χ1n) is 8.55. The molecular formula is C20H18N2O4S2. The van der Waals surface area contributed by atoms with Crippen molar-refractivity contribution in [1.29, 1.82) is 0 Å². The van der Waals surface area contributed by atoms with Crippen molar-refractivity contribution in [3.05, 3.63) is 64.6 Å². The van der Waals surface area contributed by atoms with Gasteiger partial charge in [-0.2, -0.15) is 5.01 Å². The molecule has 0 spiro atoms. The lowest BCUT2D eigenvalue weighted by molar-refractivity contribution is -0.132. The topological polar surface area (TPSA) is 78.9 Å². The van der Waals surface area contributed by atoms with Crippen LogP contribution >= 0.6 is 24.0 Å². The molecule has 1 fully saturated rings. The SMILES string of the molecule is CCOc1cc(/C=C2\SC(=S)N(NC(=O)Cc3ccccc3)C2=O)ccc1O. The number of amides is 2. The fourth-order valence-corrected chi connectivity index (χ4v) is 3.73. The first-order valence-corrected chi connectivity index (χ1v) is 9.77. The number of benzene rings is 2. The summed E-state index contributed by atoms with van der Waals surface area (Å²) in [6, 6.07) is 14.0. The van der Waals surface area contributed by atoms with Crippen LogP contribution in [0, 0.1) is 0 Å². The summed E-state index contributed by atoms with van der Waals surface area (Å²) in [4.78, 5) is 25.3. The lowest BCUT2D eigenvalue weighted by Crippen LogP contribution is -2.45. The predicted molar refractivity (Wildman–Crippen MR) is 113 cm³/mol. The molecule has 6 nitrogen and oxygen atoms in total. The number of nitrogens with one attached hydrogen (secondary N) is 1. The highest BCUT2D eigenvalue weighted by Gasteiger charge is 2.33. The number of thioether (sulfide) groups is 1. The molecule has 2 aromatic rings. The van der Waals surface area contributed by atoms with Gasteiger partial charge in [0, 0.05) is 0 Å². The molecule has 0 radical (unpaired) electrons. The molecule has 0 aromatic heterocycles. The highest BCUT2D eigenvalue weighted by atomic mass is 32.2. The number of ether oxygens (including phenoxy) is 1. The molecule has 28 heavy (non-hydrogen) atoms. The maximum atomic E-state index is 12.6. The first-order chi connectivity index (χ1) is 13.5. The maximum absolute atomic E-state index is 12.6. The Kier molecular flexibility index (Phi) is 6.33. The molecule has 0 aliphatic carbocycles. The van der Waals surface area contributed by atoms with Crippen molar-refractivity contribution in [2.75, 3.05) is 6.61 Å². The number of aromatic hydroxyl groups is 1. The van der Waals surface area contributed by atoms with Crippen LogP contribution in [0.15, 0.2) is 53.4 Å². The normalized spacial score (nSPS) is 15.2. The second kappa shape index (κ2) is 8.90. The molecule has 1 aliphatic heterocycles. The molecule has 144 valence electrons. The Bertz CT molecular complexity index is 944.